The first-order valence-corrected chi connectivity index (χ1v) is 15.2. The van der Waals surface area contributed by atoms with Gasteiger partial charge in [-0.15, -0.1) is 0 Å². The highest BCUT2D eigenvalue weighted by molar-refractivity contribution is 5.90. The highest BCUT2D eigenvalue weighted by Gasteiger charge is 2.38. The van der Waals surface area contributed by atoms with E-state index in [1.165, 1.54) is 5.56 Å². The number of benzene rings is 3. The van der Waals surface area contributed by atoms with Crippen molar-refractivity contribution in [2.24, 2.45) is 17.3 Å². The second kappa shape index (κ2) is 14.4. The number of aliphatic carboxylic acids is 1. The minimum absolute atomic E-state index is 0.0284. The Morgan fingerprint density at radius 1 is 0.822 bits per heavy atom. The van der Waals surface area contributed by atoms with Crippen LogP contribution in [0.15, 0.2) is 72.8 Å². The third kappa shape index (κ3) is 8.50. The Hall–Kier alpha value is -4.66. The Morgan fingerprint density at radius 2 is 1.49 bits per heavy atom. The molecule has 0 saturated heterocycles. The average Bonchev–Trinajstić information content (AvgIpc) is 3.38. The number of hydrogen-bond acceptors (Lipinski definition) is 6. The summed E-state index contributed by atoms with van der Waals surface area (Å²) in [4.78, 5) is 52.0. The number of ether oxygens (including phenoxy) is 2. The lowest BCUT2D eigenvalue weighted by atomic mass is 9.77. The molecule has 0 aromatic heterocycles. The van der Waals surface area contributed by atoms with Crippen LogP contribution in [0, 0.1) is 17.3 Å². The van der Waals surface area contributed by atoms with Crippen molar-refractivity contribution in [1.82, 2.24) is 10.6 Å². The molecule has 0 saturated carbocycles. The van der Waals surface area contributed by atoms with E-state index in [0.717, 1.165) is 34.2 Å². The summed E-state index contributed by atoms with van der Waals surface area (Å²) in [6.45, 7) is 8.79. The van der Waals surface area contributed by atoms with Gasteiger partial charge < -0.3 is 25.2 Å². The average molecular weight is 615 g/mol. The van der Waals surface area contributed by atoms with Gasteiger partial charge in [0.1, 0.15) is 25.3 Å². The molecule has 0 radical (unpaired) electrons. The van der Waals surface area contributed by atoms with Gasteiger partial charge in [-0.3, -0.25) is 9.59 Å². The molecule has 0 heterocycles. The fourth-order valence-corrected chi connectivity index (χ4v) is 5.55. The van der Waals surface area contributed by atoms with E-state index in [4.69, 9.17) is 9.47 Å². The largest absolute Gasteiger partial charge is 0.481 e. The number of nitrogens with one attached hydrogen (secondary N) is 2. The number of alkyl carbamates (subject to hydrolysis) is 1. The van der Waals surface area contributed by atoms with Gasteiger partial charge in [0.25, 0.3) is 0 Å². The molecular formula is C36H42N2O7. The fourth-order valence-electron chi connectivity index (χ4n) is 5.55. The first-order valence-electron chi connectivity index (χ1n) is 15.2. The van der Waals surface area contributed by atoms with Gasteiger partial charge in [-0.25, -0.2) is 9.59 Å². The summed E-state index contributed by atoms with van der Waals surface area (Å²) in [5.41, 5.74) is 5.44. The van der Waals surface area contributed by atoms with Crippen LogP contribution in [-0.4, -0.2) is 41.1 Å². The third-order valence-electron chi connectivity index (χ3n) is 8.17. The van der Waals surface area contributed by atoms with Gasteiger partial charge in [0.05, 0.1) is 5.92 Å². The number of rotatable bonds is 12. The molecule has 9 heteroatoms. The zero-order valence-electron chi connectivity index (χ0n) is 26.5. The van der Waals surface area contributed by atoms with E-state index in [1.54, 1.807) is 34.6 Å². The van der Waals surface area contributed by atoms with Crippen LogP contribution in [0.4, 0.5) is 4.79 Å². The zero-order valence-corrected chi connectivity index (χ0v) is 26.5. The number of esters is 1. The first kappa shape index (κ1) is 33.2. The molecule has 1 unspecified atom stereocenters. The zero-order chi connectivity index (χ0) is 32.7. The number of hydrogen-bond donors (Lipinski definition) is 3. The van der Waals surface area contributed by atoms with Crippen molar-refractivity contribution in [3.63, 3.8) is 0 Å². The van der Waals surface area contributed by atoms with E-state index in [2.05, 4.69) is 22.8 Å². The molecule has 0 aliphatic heterocycles. The van der Waals surface area contributed by atoms with Crippen molar-refractivity contribution in [3.05, 3.63) is 95.1 Å². The summed E-state index contributed by atoms with van der Waals surface area (Å²) >= 11 is 0. The summed E-state index contributed by atoms with van der Waals surface area (Å²) < 4.78 is 11.1. The molecule has 0 spiro atoms. The van der Waals surface area contributed by atoms with Crippen molar-refractivity contribution in [3.8, 4) is 11.1 Å². The molecule has 9 nitrogen and oxygen atoms in total. The Kier molecular flexibility index (Phi) is 10.6. The molecule has 238 valence electrons. The normalized spacial score (nSPS) is 14.0. The SMILES string of the molecule is CC(C)[C@H](NC(=O)[C@H](CC(C(=O)O)C(C)(C)C)NC(=O)OCc1cccc2c1Cc1ccccc1-2)C(=O)OCc1ccccc1. The molecule has 3 atom stereocenters. The molecule has 0 fully saturated rings. The summed E-state index contributed by atoms with van der Waals surface area (Å²) in [6, 6.07) is 20.8. The van der Waals surface area contributed by atoms with Gasteiger partial charge in [0.15, 0.2) is 0 Å². The number of fused-ring (bicyclic) bond motifs is 3. The van der Waals surface area contributed by atoms with E-state index < -0.39 is 47.4 Å². The second-order valence-electron chi connectivity index (χ2n) is 12.9. The number of amides is 2. The minimum Gasteiger partial charge on any atom is -0.481 e. The lowest BCUT2D eigenvalue weighted by Gasteiger charge is -2.31. The quantitative estimate of drug-likeness (QED) is 0.170. The van der Waals surface area contributed by atoms with Crippen molar-refractivity contribution < 1.29 is 33.8 Å². The Labute approximate surface area is 264 Å². The maximum Gasteiger partial charge on any atom is 0.408 e. The van der Waals surface area contributed by atoms with E-state index in [1.807, 2.05) is 60.7 Å². The van der Waals surface area contributed by atoms with E-state index in [0.29, 0.717) is 0 Å². The molecule has 3 aromatic rings. The standard InChI is InChI=1S/C36H42N2O7/c1-22(2)31(34(42)44-20-23-12-7-6-8-13-23)38-32(39)30(19-29(33(40)41)36(3,4)5)37-35(43)45-21-25-15-11-17-27-26-16-10-9-14-24(26)18-28(25)27/h6-17,22,29-31H,18-21H2,1-5H3,(H,37,43)(H,38,39)(H,40,41)/t29?,30-,31-/m0/s1. The van der Waals surface area contributed by atoms with Gasteiger partial charge in [-0.2, -0.15) is 0 Å². The van der Waals surface area contributed by atoms with Crippen LogP contribution in [0.1, 0.15) is 63.3 Å². The lowest BCUT2D eigenvalue weighted by molar-refractivity contribution is -0.151. The number of carboxylic acids is 1. The number of carbonyl (C=O) groups excluding carboxylic acids is 3. The smallest absolute Gasteiger partial charge is 0.408 e. The third-order valence-corrected chi connectivity index (χ3v) is 8.17. The van der Waals surface area contributed by atoms with E-state index in [9.17, 15) is 24.3 Å². The number of carboxylic acid groups (broad SMARTS) is 1. The minimum atomic E-state index is -1.29. The topological polar surface area (TPSA) is 131 Å². The van der Waals surface area contributed by atoms with E-state index in [-0.39, 0.29) is 25.6 Å². The van der Waals surface area contributed by atoms with Gasteiger partial charge in [-0.05, 0) is 57.6 Å². The van der Waals surface area contributed by atoms with Gasteiger partial charge >= 0.3 is 18.0 Å². The van der Waals surface area contributed by atoms with Crippen molar-refractivity contribution in [1.29, 1.82) is 0 Å². The monoisotopic (exact) mass is 614 g/mol. The van der Waals surface area contributed by atoms with Crippen LogP contribution in [0.25, 0.3) is 11.1 Å². The highest BCUT2D eigenvalue weighted by atomic mass is 16.5. The first-order chi connectivity index (χ1) is 21.3. The van der Waals surface area contributed by atoms with Crippen LogP contribution in [0.2, 0.25) is 0 Å². The summed E-state index contributed by atoms with van der Waals surface area (Å²) in [5, 5.41) is 15.3. The maximum atomic E-state index is 13.6. The number of carbonyl (C=O) groups is 4. The van der Waals surface area contributed by atoms with Crippen molar-refractivity contribution in [2.75, 3.05) is 0 Å². The summed E-state index contributed by atoms with van der Waals surface area (Å²) in [5.74, 6) is -3.75. The van der Waals surface area contributed by atoms with Crippen LogP contribution in [0.5, 0.6) is 0 Å². The van der Waals surface area contributed by atoms with Gasteiger partial charge in [0, 0.05) is 0 Å². The molecule has 1 aliphatic carbocycles. The van der Waals surface area contributed by atoms with E-state index >= 15 is 0 Å². The maximum absolute atomic E-state index is 13.6. The Balaban J connectivity index is 1.47. The molecule has 2 amide bonds. The fraction of sp³-hybridized carbons (Fsp3) is 0.389. The van der Waals surface area contributed by atoms with Gasteiger partial charge in [-0.1, -0.05) is 107 Å². The highest BCUT2D eigenvalue weighted by Crippen LogP contribution is 2.38. The second-order valence-corrected chi connectivity index (χ2v) is 12.9. The molecular weight excluding hydrogens is 572 g/mol. The lowest BCUT2D eigenvalue weighted by Crippen LogP contribution is -2.54. The molecule has 3 aromatic carbocycles. The van der Waals surface area contributed by atoms with Crippen molar-refractivity contribution in [2.45, 2.75) is 72.8 Å². The molecule has 1 aliphatic rings. The predicted molar refractivity (Wildman–Crippen MR) is 170 cm³/mol. The molecule has 4 rings (SSSR count). The van der Waals surface area contributed by atoms with Crippen LogP contribution < -0.4 is 10.6 Å². The summed E-state index contributed by atoms with van der Waals surface area (Å²) in [6.07, 6.45) is -0.353. The predicted octanol–water partition coefficient (Wildman–Crippen LogP) is 5.87. The van der Waals surface area contributed by atoms with Crippen molar-refractivity contribution >= 4 is 23.9 Å². The molecule has 3 N–H and O–H groups in total. The molecule has 45 heavy (non-hydrogen) atoms. The van der Waals surface area contributed by atoms with Crippen LogP contribution in [0.3, 0.4) is 0 Å². The van der Waals surface area contributed by atoms with Crippen LogP contribution >= 0.6 is 0 Å². The Bertz CT molecular complexity index is 1530. The summed E-state index contributed by atoms with van der Waals surface area (Å²) in [7, 11) is 0. The Morgan fingerprint density at radius 3 is 2.16 bits per heavy atom. The van der Waals surface area contributed by atoms with Gasteiger partial charge in [0.2, 0.25) is 5.91 Å². The molecule has 0 bridgehead atoms. The van der Waals surface area contributed by atoms with Crippen LogP contribution in [-0.2, 0) is 43.5 Å².